The number of nitrogens with one attached hydrogen (secondary N) is 1. The Kier molecular flexibility index (Phi) is 3.19. The van der Waals surface area contributed by atoms with Gasteiger partial charge >= 0.3 is 0 Å². The number of amides is 1. The number of aromatic nitrogens is 2. The van der Waals surface area contributed by atoms with E-state index in [1.807, 2.05) is 0 Å². The third-order valence-corrected chi connectivity index (χ3v) is 4.56. The van der Waals surface area contributed by atoms with Gasteiger partial charge in [-0.25, -0.2) is 4.98 Å². The Balaban J connectivity index is 1.62. The highest BCUT2D eigenvalue weighted by Gasteiger charge is 2.33. The lowest BCUT2D eigenvalue weighted by molar-refractivity contribution is 0.0748. The van der Waals surface area contributed by atoms with E-state index in [0.717, 1.165) is 18.7 Å². The van der Waals surface area contributed by atoms with Crippen LogP contribution in [0.4, 0.5) is 0 Å². The largest absolute Gasteiger partial charge is 0.457 e. The SMILES string of the molecule is CC(=O)c1cc(C(=O)N2Cc3nc(C4CC4)[nH]c(=O)c3C2)c(C)o1. The van der Waals surface area contributed by atoms with Gasteiger partial charge in [0, 0.05) is 18.9 Å². The molecule has 0 saturated heterocycles. The van der Waals surface area contributed by atoms with Crippen LogP contribution in [-0.4, -0.2) is 26.6 Å². The predicted molar refractivity (Wildman–Crippen MR) is 83.9 cm³/mol. The van der Waals surface area contributed by atoms with Crippen molar-refractivity contribution >= 4 is 11.7 Å². The lowest BCUT2D eigenvalue weighted by atomic mass is 10.2. The molecule has 1 aliphatic heterocycles. The van der Waals surface area contributed by atoms with Crippen LogP contribution in [0.15, 0.2) is 15.3 Å². The van der Waals surface area contributed by atoms with Gasteiger partial charge in [-0.05, 0) is 19.8 Å². The van der Waals surface area contributed by atoms with Crippen molar-refractivity contribution in [3.8, 4) is 0 Å². The zero-order chi connectivity index (χ0) is 17.0. The highest BCUT2D eigenvalue weighted by Crippen LogP contribution is 2.38. The first-order valence-electron chi connectivity index (χ1n) is 7.96. The molecule has 0 bridgehead atoms. The van der Waals surface area contributed by atoms with Gasteiger partial charge in [0.1, 0.15) is 11.6 Å². The van der Waals surface area contributed by atoms with E-state index in [2.05, 4.69) is 9.97 Å². The second-order valence-electron chi connectivity index (χ2n) is 6.45. The number of hydrogen-bond donors (Lipinski definition) is 1. The van der Waals surface area contributed by atoms with Gasteiger partial charge in [0.2, 0.25) is 0 Å². The van der Waals surface area contributed by atoms with Gasteiger partial charge in [0.15, 0.2) is 11.5 Å². The van der Waals surface area contributed by atoms with Crippen LogP contribution < -0.4 is 5.56 Å². The zero-order valence-electron chi connectivity index (χ0n) is 13.5. The van der Waals surface area contributed by atoms with Gasteiger partial charge in [-0.15, -0.1) is 0 Å². The molecule has 2 aromatic rings. The van der Waals surface area contributed by atoms with Crippen molar-refractivity contribution in [2.24, 2.45) is 0 Å². The molecule has 7 heteroatoms. The molecule has 0 spiro atoms. The minimum atomic E-state index is -0.255. The van der Waals surface area contributed by atoms with E-state index >= 15 is 0 Å². The number of furan rings is 1. The van der Waals surface area contributed by atoms with Gasteiger partial charge in [0.25, 0.3) is 11.5 Å². The first-order chi connectivity index (χ1) is 11.4. The summed E-state index contributed by atoms with van der Waals surface area (Å²) in [5, 5.41) is 0. The van der Waals surface area contributed by atoms with Crippen LogP contribution in [0.3, 0.4) is 0 Å². The number of H-pyrrole nitrogens is 1. The number of aromatic amines is 1. The maximum absolute atomic E-state index is 12.7. The number of fused-ring (bicyclic) bond motifs is 1. The van der Waals surface area contributed by atoms with E-state index in [-0.39, 0.29) is 29.6 Å². The zero-order valence-corrected chi connectivity index (χ0v) is 13.5. The number of aryl methyl sites for hydroxylation is 1. The summed E-state index contributed by atoms with van der Waals surface area (Å²) < 4.78 is 5.34. The molecule has 0 aromatic carbocycles. The van der Waals surface area contributed by atoms with Crippen LogP contribution in [0.2, 0.25) is 0 Å². The van der Waals surface area contributed by atoms with Gasteiger partial charge in [-0.1, -0.05) is 0 Å². The van der Waals surface area contributed by atoms with Crippen molar-refractivity contribution in [1.82, 2.24) is 14.9 Å². The Morgan fingerprint density at radius 2 is 2.08 bits per heavy atom. The Bertz CT molecular complexity index is 920. The number of carbonyl (C=O) groups is 2. The summed E-state index contributed by atoms with van der Waals surface area (Å²) in [4.78, 5) is 45.3. The molecule has 0 atom stereocenters. The average molecular weight is 327 g/mol. The predicted octanol–water partition coefficient (Wildman–Crippen LogP) is 1.91. The van der Waals surface area contributed by atoms with Gasteiger partial charge in [-0.2, -0.15) is 0 Å². The molecule has 1 amide bonds. The first-order valence-corrected chi connectivity index (χ1v) is 7.96. The third kappa shape index (κ3) is 2.36. The number of nitrogens with zero attached hydrogens (tertiary/aromatic N) is 2. The van der Waals surface area contributed by atoms with E-state index in [4.69, 9.17) is 4.42 Å². The van der Waals surface area contributed by atoms with Gasteiger partial charge < -0.3 is 14.3 Å². The molecule has 1 N–H and O–H groups in total. The second kappa shape index (κ2) is 5.15. The molecule has 1 aliphatic carbocycles. The van der Waals surface area contributed by atoms with E-state index in [9.17, 15) is 14.4 Å². The van der Waals surface area contributed by atoms with E-state index in [0.29, 0.717) is 35.0 Å². The van der Waals surface area contributed by atoms with Crippen LogP contribution in [0.25, 0.3) is 0 Å². The Labute approximate surface area is 137 Å². The summed E-state index contributed by atoms with van der Waals surface area (Å²) in [5.74, 6) is 1.16. The van der Waals surface area contributed by atoms with Crippen LogP contribution >= 0.6 is 0 Å². The molecule has 7 nitrogen and oxygen atoms in total. The monoisotopic (exact) mass is 327 g/mol. The molecule has 24 heavy (non-hydrogen) atoms. The fraction of sp³-hybridized carbons (Fsp3) is 0.412. The summed E-state index contributed by atoms with van der Waals surface area (Å²) in [5.41, 5.74) is 1.40. The first kappa shape index (κ1) is 14.9. The summed E-state index contributed by atoms with van der Waals surface area (Å²) >= 11 is 0. The quantitative estimate of drug-likeness (QED) is 0.869. The smallest absolute Gasteiger partial charge is 0.258 e. The summed E-state index contributed by atoms with van der Waals surface area (Å²) in [6.45, 7) is 3.57. The summed E-state index contributed by atoms with van der Waals surface area (Å²) in [6, 6.07) is 1.47. The molecule has 124 valence electrons. The van der Waals surface area contributed by atoms with Crippen LogP contribution in [0.5, 0.6) is 0 Å². The number of carbonyl (C=O) groups excluding carboxylic acids is 2. The molecular weight excluding hydrogens is 310 g/mol. The van der Waals surface area contributed by atoms with Crippen molar-refractivity contribution in [2.45, 2.75) is 45.7 Å². The lowest BCUT2D eigenvalue weighted by Crippen LogP contribution is -2.26. The minimum Gasteiger partial charge on any atom is -0.457 e. The van der Waals surface area contributed by atoms with Crippen molar-refractivity contribution < 1.29 is 14.0 Å². The van der Waals surface area contributed by atoms with Crippen LogP contribution in [0, 0.1) is 6.92 Å². The number of Topliss-reactive ketones (excluding diaryl/α,β-unsaturated/α-hetero) is 1. The number of hydrogen-bond acceptors (Lipinski definition) is 5. The second-order valence-corrected chi connectivity index (χ2v) is 6.45. The normalized spacial score (nSPS) is 16.3. The van der Waals surface area contributed by atoms with Crippen molar-refractivity contribution in [2.75, 3.05) is 0 Å². The standard InChI is InChI=1S/C17H17N3O4/c1-8(21)14-5-11(9(2)24-14)17(23)20-6-12-13(7-20)18-15(10-3-4-10)19-16(12)22/h5,10H,3-4,6-7H2,1-2H3,(H,18,19,22). The van der Waals surface area contributed by atoms with Crippen molar-refractivity contribution in [3.63, 3.8) is 0 Å². The summed E-state index contributed by atoms with van der Waals surface area (Å²) in [7, 11) is 0. The average Bonchev–Trinajstić information content (AvgIpc) is 3.17. The highest BCUT2D eigenvalue weighted by molar-refractivity contribution is 5.99. The Morgan fingerprint density at radius 3 is 2.71 bits per heavy atom. The molecule has 1 saturated carbocycles. The molecule has 0 radical (unpaired) electrons. The van der Waals surface area contributed by atoms with E-state index < -0.39 is 0 Å². The van der Waals surface area contributed by atoms with Gasteiger partial charge in [-0.3, -0.25) is 14.4 Å². The van der Waals surface area contributed by atoms with Crippen molar-refractivity contribution in [3.05, 3.63) is 50.6 Å². The minimum absolute atomic E-state index is 0.162. The number of ketones is 1. The van der Waals surface area contributed by atoms with E-state index in [1.54, 1.807) is 11.8 Å². The highest BCUT2D eigenvalue weighted by atomic mass is 16.3. The maximum atomic E-state index is 12.7. The molecule has 0 unspecified atom stereocenters. The van der Waals surface area contributed by atoms with Crippen LogP contribution in [-0.2, 0) is 13.1 Å². The molecule has 2 aromatic heterocycles. The molecule has 2 aliphatic rings. The molecular formula is C17H17N3O4. The fourth-order valence-electron chi connectivity index (χ4n) is 3.02. The number of rotatable bonds is 3. The molecule has 1 fully saturated rings. The Hall–Kier alpha value is -2.70. The maximum Gasteiger partial charge on any atom is 0.258 e. The fourth-order valence-corrected chi connectivity index (χ4v) is 3.02. The van der Waals surface area contributed by atoms with E-state index in [1.165, 1.54) is 13.0 Å². The van der Waals surface area contributed by atoms with Crippen LogP contribution in [0.1, 0.15) is 69.4 Å². The van der Waals surface area contributed by atoms with Crippen molar-refractivity contribution in [1.29, 1.82) is 0 Å². The molecule has 3 heterocycles. The third-order valence-electron chi connectivity index (χ3n) is 4.56. The Morgan fingerprint density at radius 1 is 1.33 bits per heavy atom. The lowest BCUT2D eigenvalue weighted by Gasteiger charge is -2.13. The van der Waals surface area contributed by atoms with Gasteiger partial charge in [0.05, 0.1) is 29.9 Å². The topological polar surface area (TPSA) is 96.3 Å². The molecule has 4 rings (SSSR count). The summed E-state index contributed by atoms with van der Waals surface area (Å²) in [6.07, 6.45) is 2.10.